The number of amides is 1. The smallest absolute Gasteiger partial charge is 0.265 e. The highest BCUT2D eigenvalue weighted by molar-refractivity contribution is 6.12. The van der Waals surface area contributed by atoms with Crippen molar-refractivity contribution in [2.45, 2.75) is 20.0 Å². The summed E-state index contributed by atoms with van der Waals surface area (Å²) in [5, 5.41) is 0. The van der Waals surface area contributed by atoms with Gasteiger partial charge in [0.25, 0.3) is 5.91 Å². The second kappa shape index (κ2) is 6.13. The van der Waals surface area contributed by atoms with Crippen molar-refractivity contribution in [3.63, 3.8) is 0 Å². The summed E-state index contributed by atoms with van der Waals surface area (Å²) in [6.45, 7) is 4.30. The third kappa shape index (κ3) is 3.12. The second-order valence-electron chi connectivity index (χ2n) is 3.60. The van der Waals surface area contributed by atoms with Crippen molar-refractivity contribution in [2.75, 3.05) is 13.1 Å². The largest absolute Gasteiger partial charge is 0.340 e. The predicted molar refractivity (Wildman–Crippen MR) is 63.6 cm³/mol. The van der Waals surface area contributed by atoms with Gasteiger partial charge in [-0.1, -0.05) is 30.3 Å². The zero-order chi connectivity index (χ0) is 12.8. The van der Waals surface area contributed by atoms with Crippen LogP contribution in [0.1, 0.15) is 24.2 Å². The van der Waals surface area contributed by atoms with Crippen LogP contribution in [0, 0.1) is 0 Å². The van der Waals surface area contributed by atoms with Crippen LogP contribution in [-0.2, 0) is 4.79 Å². The van der Waals surface area contributed by atoms with Crippen LogP contribution in [0.5, 0.6) is 0 Å². The number of hydrogen-bond acceptors (Lipinski definition) is 2. The molecule has 17 heavy (non-hydrogen) atoms. The quantitative estimate of drug-likeness (QED) is 0.580. The highest BCUT2D eigenvalue weighted by Gasteiger charge is 2.29. The molecule has 0 aliphatic rings. The Labute approximate surface area is 100 Å². The van der Waals surface area contributed by atoms with Crippen molar-refractivity contribution in [3.05, 3.63) is 35.9 Å². The molecule has 1 rings (SSSR count). The molecule has 0 fully saturated rings. The molecule has 1 aromatic rings. The molecular formula is C13H16FNO2. The molecule has 0 aromatic heterocycles. The Morgan fingerprint density at radius 1 is 1.18 bits per heavy atom. The number of benzene rings is 1. The van der Waals surface area contributed by atoms with Gasteiger partial charge in [0.2, 0.25) is 12.0 Å². The zero-order valence-electron chi connectivity index (χ0n) is 10.0. The van der Waals surface area contributed by atoms with E-state index < -0.39 is 17.9 Å². The summed E-state index contributed by atoms with van der Waals surface area (Å²) in [5.74, 6) is -1.54. The van der Waals surface area contributed by atoms with Gasteiger partial charge in [0, 0.05) is 18.7 Å². The Morgan fingerprint density at radius 3 is 2.18 bits per heavy atom. The minimum absolute atomic E-state index is 0.223. The molecule has 4 heteroatoms. The van der Waals surface area contributed by atoms with Crippen LogP contribution in [0.2, 0.25) is 0 Å². The zero-order valence-corrected chi connectivity index (χ0v) is 10.0. The maximum absolute atomic E-state index is 13.8. The molecule has 92 valence electrons. The van der Waals surface area contributed by atoms with Crippen molar-refractivity contribution >= 4 is 11.7 Å². The van der Waals surface area contributed by atoms with Crippen molar-refractivity contribution in [2.24, 2.45) is 0 Å². The van der Waals surface area contributed by atoms with Crippen LogP contribution in [0.4, 0.5) is 4.39 Å². The summed E-state index contributed by atoms with van der Waals surface area (Å²) in [7, 11) is 0. The van der Waals surface area contributed by atoms with E-state index in [-0.39, 0.29) is 5.56 Å². The van der Waals surface area contributed by atoms with Crippen molar-refractivity contribution in [1.29, 1.82) is 0 Å². The average Bonchev–Trinajstić information content (AvgIpc) is 2.39. The SMILES string of the molecule is CCN(CC)C(=O)C(F)C(=O)c1ccccc1. The summed E-state index contributed by atoms with van der Waals surface area (Å²) in [4.78, 5) is 24.7. The Bertz CT molecular complexity index is 388. The standard InChI is InChI=1S/C13H16FNO2/c1-3-15(4-2)13(17)11(14)12(16)10-8-6-5-7-9-10/h5-9,11H,3-4H2,1-2H3. The number of Topliss-reactive ketones (excluding diaryl/α,β-unsaturated/α-hetero) is 1. The van der Waals surface area contributed by atoms with Crippen LogP contribution >= 0.6 is 0 Å². The lowest BCUT2D eigenvalue weighted by molar-refractivity contribution is -0.134. The number of carbonyl (C=O) groups excluding carboxylic acids is 2. The van der Waals surface area contributed by atoms with Crippen LogP contribution < -0.4 is 0 Å². The molecule has 0 radical (unpaired) electrons. The van der Waals surface area contributed by atoms with E-state index in [4.69, 9.17) is 0 Å². The van der Waals surface area contributed by atoms with Gasteiger partial charge in [0.05, 0.1) is 0 Å². The first-order chi connectivity index (χ1) is 8.11. The minimum Gasteiger partial charge on any atom is -0.340 e. The highest BCUT2D eigenvalue weighted by atomic mass is 19.1. The highest BCUT2D eigenvalue weighted by Crippen LogP contribution is 2.09. The molecule has 0 aliphatic heterocycles. The van der Waals surface area contributed by atoms with E-state index in [0.29, 0.717) is 13.1 Å². The second-order valence-corrected chi connectivity index (χ2v) is 3.60. The van der Waals surface area contributed by atoms with Crippen LogP contribution in [-0.4, -0.2) is 35.9 Å². The van der Waals surface area contributed by atoms with E-state index in [1.165, 1.54) is 17.0 Å². The fraction of sp³-hybridized carbons (Fsp3) is 0.385. The number of hydrogen-bond donors (Lipinski definition) is 0. The van der Waals surface area contributed by atoms with E-state index in [9.17, 15) is 14.0 Å². The lowest BCUT2D eigenvalue weighted by Crippen LogP contribution is -2.40. The lowest BCUT2D eigenvalue weighted by atomic mass is 10.1. The van der Waals surface area contributed by atoms with Gasteiger partial charge in [-0.3, -0.25) is 9.59 Å². The van der Waals surface area contributed by atoms with Crippen molar-refractivity contribution < 1.29 is 14.0 Å². The third-order valence-corrected chi connectivity index (χ3v) is 2.58. The molecule has 1 atom stereocenters. The minimum atomic E-state index is -2.10. The molecule has 1 unspecified atom stereocenters. The number of rotatable bonds is 5. The molecule has 0 heterocycles. The first kappa shape index (κ1) is 13.4. The maximum atomic E-state index is 13.8. The molecule has 3 nitrogen and oxygen atoms in total. The summed E-state index contributed by atoms with van der Waals surface area (Å²) in [6.07, 6.45) is -2.10. The summed E-state index contributed by atoms with van der Waals surface area (Å²) < 4.78 is 13.8. The third-order valence-electron chi connectivity index (χ3n) is 2.58. The molecule has 1 amide bonds. The number of alkyl halides is 1. The molecule has 0 aliphatic carbocycles. The normalized spacial score (nSPS) is 11.9. The first-order valence-electron chi connectivity index (χ1n) is 5.63. The van der Waals surface area contributed by atoms with E-state index >= 15 is 0 Å². The number of halogens is 1. The van der Waals surface area contributed by atoms with Gasteiger partial charge in [0.1, 0.15) is 0 Å². The van der Waals surface area contributed by atoms with Gasteiger partial charge in [-0.05, 0) is 13.8 Å². The Balaban J connectivity index is 2.80. The summed E-state index contributed by atoms with van der Waals surface area (Å²) in [6, 6.07) is 8.02. The van der Waals surface area contributed by atoms with Crippen LogP contribution in [0.25, 0.3) is 0 Å². The summed E-state index contributed by atoms with van der Waals surface area (Å²) in [5.41, 5.74) is 0.223. The van der Waals surface area contributed by atoms with Crippen molar-refractivity contribution in [3.8, 4) is 0 Å². The molecule has 1 aromatic carbocycles. The van der Waals surface area contributed by atoms with Crippen LogP contribution in [0.15, 0.2) is 30.3 Å². The number of ketones is 1. The van der Waals surface area contributed by atoms with Gasteiger partial charge in [-0.25, -0.2) is 4.39 Å². The fourth-order valence-electron chi connectivity index (χ4n) is 1.56. The van der Waals surface area contributed by atoms with Gasteiger partial charge in [0.15, 0.2) is 0 Å². The monoisotopic (exact) mass is 237 g/mol. The average molecular weight is 237 g/mol. The fourth-order valence-corrected chi connectivity index (χ4v) is 1.56. The maximum Gasteiger partial charge on any atom is 0.265 e. The molecule has 0 saturated carbocycles. The van der Waals surface area contributed by atoms with Gasteiger partial charge >= 0.3 is 0 Å². The topological polar surface area (TPSA) is 37.4 Å². The lowest BCUT2D eigenvalue weighted by Gasteiger charge is -2.20. The van der Waals surface area contributed by atoms with E-state index in [0.717, 1.165) is 0 Å². The molecule has 0 bridgehead atoms. The van der Waals surface area contributed by atoms with E-state index in [1.807, 2.05) is 0 Å². The predicted octanol–water partition coefficient (Wildman–Crippen LogP) is 2.08. The van der Waals surface area contributed by atoms with E-state index in [2.05, 4.69) is 0 Å². The molecule has 0 saturated heterocycles. The molecular weight excluding hydrogens is 221 g/mol. The Hall–Kier alpha value is -1.71. The summed E-state index contributed by atoms with van der Waals surface area (Å²) >= 11 is 0. The molecule has 0 N–H and O–H groups in total. The van der Waals surface area contributed by atoms with Gasteiger partial charge < -0.3 is 4.90 Å². The Morgan fingerprint density at radius 2 is 1.71 bits per heavy atom. The number of carbonyl (C=O) groups is 2. The van der Waals surface area contributed by atoms with Crippen molar-refractivity contribution in [1.82, 2.24) is 4.90 Å². The van der Waals surface area contributed by atoms with Gasteiger partial charge in [-0.15, -0.1) is 0 Å². The number of nitrogens with zero attached hydrogens (tertiary/aromatic N) is 1. The Kier molecular flexibility index (Phi) is 4.82. The van der Waals surface area contributed by atoms with Crippen LogP contribution in [0.3, 0.4) is 0 Å². The van der Waals surface area contributed by atoms with Gasteiger partial charge in [-0.2, -0.15) is 0 Å². The first-order valence-corrected chi connectivity index (χ1v) is 5.63. The molecule has 0 spiro atoms. The van der Waals surface area contributed by atoms with E-state index in [1.54, 1.807) is 32.0 Å².